The minimum Gasteiger partial charge on any atom is -0.495 e. The Morgan fingerprint density at radius 2 is 1.45 bits per heavy atom. The summed E-state index contributed by atoms with van der Waals surface area (Å²) in [6.07, 6.45) is 21.5. The highest BCUT2D eigenvalue weighted by Crippen LogP contribution is 2.36. The average molecular weight is 722 g/mol. The van der Waals surface area contributed by atoms with Crippen LogP contribution < -0.4 is 10.1 Å². The number of anilines is 1. The molecule has 0 aliphatic carbocycles. The topological polar surface area (TPSA) is 143 Å². The molecule has 51 heavy (non-hydrogen) atoms. The summed E-state index contributed by atoms with van der Waals surface area (Å²) in [6.45, 7) is 4.23. The summed E-state index contributed by atoms with van der Waals surface area (Å²) >= 11 is 0. The van der Waals surface area contributed by atoms with E-state index in [9.17, 15) is 23.1 Å². The van der Waals surface area contributed by atoms with Gasteiger partial charge in [0.25, 0.3) is 15.9 Å². The van der Waals surface area contributed by atoms with Gasteiger partial charge in [0.15, 0.2) is 11.9 Å². The minimum atomic E-state index is -4.10. The third kappa shape index (κ3) is 11.1. The number of sulfonamides is 1. The summed E-state index contributed by atoms with van der Waals surface area (Å²) in [5.74, 6) is -1.52. The molecule has 1 aromatic heterocycles. The molecule has 4 rings (SSSR count). The lowest BCUT2D eigenvalue weighted by Crippen LogP contribution is -2.47. The molecule has 12 heteroatoms. The smallest absolute Gasteiger partial charge is 0.338 e. The highest BCUT2D eigenvalue weighted by atomic mass is 32.2. The van der Waals surface area contributed by atoms with Crippen LogP contribution >= 0.6 is 0 Å². The fourth-order valence-electron chi connectivity index (χ4n) is 6.49. The van der Waals surface area contributed by atoms with Crippen molar-refractivity contribution in [2.24, 2.45) is 4.99 Å². The third-order valence-corrected chi connectivity index (χ3v) is 11.2. The van der Waals surface area contributed by atoms with Crippen molar-refractivity contribution in [2.45, 2.75) is 128 Å². The fourth-order valence-corrected chi connectivity index (χ4v) is 8.11. The van der Waals surface area contributed by atoms with Crippen LogP contribution in [0.4, 0.5) is 11.4 Å². The summed E-state index contributed by atoms with van der Waals surface area (Å²) in [4.78, 5) is 30.8. The van der Waals surface area contributed by atoms with Crippen LogP contribution in [0.25, 0.3) is 0 Å². The lowest BCUT2D eigenvalue weighted by molar-refractivity contribution is -0.117. The molecule has 0 spiro atoms. The van der Waals surface area contributed by atoms with Gasteiger partial charge in [-0.05, 0) is 43.2 Å². The number of aryl methyl sites for hydroxylation is 1. The van der Waals surface area contributed by atoms with Gasteiger partial charge in [-0.25, -0.2) is 18.2 Å². The van der Waals surface area contributed by atoms with Crippen LogP contribution in [0.1, 0.15) is 132 Å². The van der Waals surface area contributed by atoms with Gasteiger partial charge in [0.05, 0.1) is 30.2 Å². The van der Waals surface area contributed by atoms with Gasteiger partial charge in [0, 0.05) is 12.7 Å². The van der Waals surface area contributed by atoms with Crippen molar-refractivity contribution in [1.29, 1.82) is 0 Å². The summed E-state index contributed by atoms with van der Waals surface area (Å²) in [6, 6.07) is 10.3. The summed E-state index contributed by atoms with van der Waals surface area (Å²) < 4.78 is 36.1. The molecule has 0 fully saturated rings. The lowest BCUT2D eigenvalue weighted by Gasteiger charge is -2.33. The van der Waals surface area contributed by atoms with Gasteiger partial charge in [-0.3, -0.25) is 13.8 Å². The number of nitrogens with zero attached hydrogens (tertiary/aromatic N) is 4. The number of fused-ring (bicyclic) bond motifs is 1. The van der Waals surface area contributed by atoms with E-state index in [1.165, 1.54) is 94.3 Å². The molecule has 3 aromatic rings. The predicted octanol–water partition coefficient (Wildman–Crippen LogP) is 9.07. The number of aromatic nitrogens is 2. The zero-order valence-electron chi connectivity index (χ0n) is 30.5. The van der Waals surface area contributed by atoms with Crippen LogP contribution in [0, 0.1) is 6.92 Å². The quantitative estimate of drug-likeness (QED) is 0.0930. The van der Waals surface area contributed by atoms with E-state index in [4.69, 9.17) is 9.73 Å². The van der Waals surface area contributed by atoms with Crippen molar-refractivity contribution < 1.29 is 27.9 Å². The van der Waals surface area contributed by atoms with Crippen molar-refractivity contribution in [3.63, 3.8) is 0 Å². The second-order valence-corrected chi connectivity index (χ2v) is 15.3. The predicted molar refractivity (Wildman–Crippen MR) is 202 cm³/mol. The maximum Gasteiger partial charge on any atom is 0.338 e. The first-order valence-corrected chi connectivity index (χ1v) is 20.0. The van der Waals surface area contributed by atoms with E-state index in [0.717, 1.165) is 42.1 Å². The molecule has 0 saturated heterocycles. The Morgan fingerprint density at radius 3 is 2.02 bits per heavy atom. The van der Waals surface area contributed by atoms with E-state index >= 15 is 0 Å². The molecule has 1 aliphatic rings. The number of carboxylic acids is 1. The number of para-hydroxylation sites is 1. The number of aromatic carboxylic acids is 1. The number of ether oxygens (including phenoxy) is 1. The number of benzene rings is 2. The Balaban J connectivity index is 1.43. The maximum absolute atomic E-state index is 14.2. The monoisotopic (exact) mass is 721 g/mol. The van der Waals surface area contributed by atoms with Gasteiger partial charge in [-0.2, -0.15) is 5.10 Å². The second kappa shape index (κ2) is 20.0. The molecule has 1 unspecified atom stereocenters. The molecule has 278 valence electrons. The third-order valence-electron chi connectivity index (χ3n) is 9.36. The average Bonchev–Trinajstić information content (AvgIpc) is 3.59. The van der Waals surface area contributed by atoms with Crippen molar-refractivity contribution >= 4 is 39.1 Å². The van der Waals surface area contributed by atoms with Gasteiger partial charge in [0.1, 0.15) is 10.6 Å². The fraction of sp³-hybridized carbons (Fsp3) is 0.538. The number of amidine groups is 1. The molecule has 2 N–H and O–H groups in total. The summed E-state index contributed by atoms with van der Waals surface area (Å²) in [7, 11) is -2.62. The number of hydrogen-bond acceptors (Lipinski definition) is 7. The highest BCUT2D eigenvalue weighted by molar-refractivity contribution is 7.90. The van der Waals surface area contributed by atoms with Gasteiger partial charge < -0.3 is 15.2 Å². The Hall–Kier alpha value is -4.19. The van der Waals surface area contributed by atoms with Crippen LogP contribution in [0.2, 0.25) is 0 Å². The largest absolute Gasteiger partial charge is 0.495 e. The number of aliphatic imine (C=N–C) groups is 1. The Labute approximate surface area is 303 Å². The summed E-state index contributed by atoms with van der Waals surface area (Å²) in [5, 5.41) is 16.7. The molecule has 1 aliphatic heterocycles. The number of amides is 1. The Bertz CT molecular complexity index is 1720. The van der Waals surface area contributed by atoms with Crippen LogP contribution in [0.5, 0.6) is 5.75 Å². The SMILES string of the molecule is CCCCCCCCCCCCCCCCCCN1C(C(C(=O)Nc2cc(C)ccc2OC)n2cc(C(=O)O)cn2)=Nc2ccccc2S1(=O)=O. The zero-order valence-corrected chi connectivity index (χ0v) is 31.3. The van der Waals surface area contributed by atoms with Crippen LogP contribution in [0.15, 0.2) is 64.7 Å². The number of carbonyl (C=O) groups excluding carboxylic acids is 1. The molecule has 2 heterocycles. The molecule has 2 aromatic carbocycles. The number of methoxy groups -OCH3 is 1. The van der Waals surface area contributed by atoms with E-state index in [2.05, 4.69) is 17.3 Å². The number of hydrogen-bond donors (Lipinski definition) is 2. The number of nitrogens with one attached hydrogen (secondary N) is 1. The number of carboxylic acid groups (broad SMARTS) is 1. The Kier molecular flexibility index (Phi) is 15.5. The van der Waals surface area contributed by atoms with E-state index in [0.29, 0.717) is 17.9 Å². The van der Waals surface area contributed by atoms with E-state index in [1.807, 2.05) is 13.0 Å². The maximum atomic E-state index is 14.2. The second-order valence-electron chi connectivity index (χ2n) is 13.4. The molecule has 0 saturated carbocycles. The zero-order chi connectivity index (χ0) is 36.6. The van der Waals surface area contributed by atoms with Crippen LogP contribution in [0.3, 0.4) is 0 Å². The van der Waals surface area contributed by atoms with Crippen molar-refractivity contribution in [1.82, 2.24) is 14.1 Å². The number of carbonyl (C=O) groups is 2. The standard InChI is InChI=1S/C39H55N5O6S/c1-4-5-6-7-8-9-10-11-12-13-14-15-16-17-18-21-26-44-37(41-32-22-19-20-23-35(32)51(44,48)49)36(43-29-31(28-40-43)39(46)47)38(45)42-33-27-30(2)24-25-34(33)50-3/h19-20,22-25,27-29,36H,4-18,21,26H2,1-3H3,(H,42,45)(H,46,47). The van der Waals surface area contributed by atoms with Gasteiger partial charge in [-0.15, -0.1) is 0 Å². The van der Waals surface area contributed by atoms with E-state index in [-0.39, 0.29) is 28.5 Å². The van der Waals surface area contributed by atoms with Crippen LogP contribution in [-0.2, 0) is 14.8 Å². The summed E-state index contributed by atoms with van der Waals surface area (Å²) in [5.41, 5.74) is 1.30. The molecular formula is C39H55N5O6S. The van der Waals surface area contributed by atoms with Gasteiger partial charge in [-0.1, -0.05) is 121 Å². The van der Waals surface area contributed by atoms with Crippen LogP contribution in [-0.4, -0.2) is 59.0 Å². The first-order valence-electron chi connectivity index (χ1n) is 18.6. The lowest BCUT2D eigenvalue weighted by atomic mass is 10.0. The molecule has 1 atom stereocenters. The first-order chi connectivity index (χ1) is 24.7. The normalized spacial score (nSPS) is 14.1. The molecule has 0 bridgehead atoms. The first kappa shape index (κ1) is 39.6. The molecule has 11 nitrogen and oxygen atoms in total. The highest BCUT2D eigenvalue weighted by Gasteiger charge is 2.41. The van der Waals surface area contributed by atoms with Crippen molar-refractivity contribution in [2.75, 3.05) is 19.0 Å². The number of unbranched alkanes of at least 4 members (excludes halogenated alkanes) is 15. The van der Waals surface area contributed by atoms with Gasteiger partial charge >= 0.3 is 5.97 Å². The Morgan fingerprint density at radius 1 is 0.863 bits per heavy atom. The van der Waals surface area contributed by atoms with E-state index < -0.39 is 27.9 Å². The minimum absolute atomic E-state index is 0.0523. The molecule has 1 amide bonds. The molecule has 0 radical (unpaired) electrons. The van der Waals surface area contributed by atoms with E-state index in [1.54, 1.807) is 30.3 Å². The van der Waals surface area contributed by atoms with Crippen molar-refractivity contribution in [3.8, 4) is 5.75 Å². The van der Waals surface area contributed by atoms with Crippen molar-refractivity contribution in [3.05, 3.63) is 66.0 Å². The number of rotatable bonds is 23. The van der Waals surface area contributed by atoms with Gasteiger partial charge in [0.2, 0.25) is 0 Å². The molecular weight excluding hydrogens is 667 g/mol.